The SMILES string of the molecule is C[C@@H]1OC2(CCN(Cc3ccccc3)CC2)CN(C2CC2)C1=O.S. The lowest BCUT2D eigenvalue weighted by Gasteiger charge is -2.49. The Morgan fingerprint density at radius 2 is 1.83 bits per heavy atom. The number of hydrogen-bond acceptors (Lipinski definition) is 3. The Labute approximate surface area is 151 Å². The second kappa shape index (κ2) is 7.06. The van der Waals surface area contributed by atoms with Gasteiger partial charge in [-0.3, -0.25) is 9.69 Å². The molecule has 0 N–H and O–H groups in total. The van der Waals surface area contributed by atoms with Crippen LogP contribution >= 0.6 is 13.5 Å². The number of benzene rings is 1. The molecule has 0 aromatic heterocycles. The van der Waals surface area contributed by atoms with E-state index in [-0.39, 0.29) is 31.1 Å². The zero-order chi connectivity index (χ0) is 15.9. The van der Waals surface area contributed by atoms with Gasteiger partial charge in [0.05, 0.1) is 12.1 Å². The summed E-state index contributed by atoms with van der Waals surface area (Å²) in [6.07, 6.45) is 4.13. The lowest BCUT2D eigenvalue weighted by Crippen LogP contribution is -2.61. The van der Waals surface area contributed by atoms with E-state index in [4.69, 9.17) is 4.74 Å². The second-order valence-corrected chi connectivity index (χ2v) is 7.40. The molecule has 3 fully saturated rings. The quantitative estimate of drug-likeness (QED) is 0.842. The average Bonchev–Trinajstić information content (AvgIpc) is 3.39. The lowest BCUT2D eigenvalue weighted by molar-refractivity contribution is -0.191. The minimum absolute atomic E-state index is 0. The fourth-order valence-electron chi connectivity index (χ4n) is 4.02. The zero-order valence-electron chi connectivity index (χ0n) is 14.4. The van der Waals surface area contributed by atoms with Gasteiger partial charge in [-0.15, -0.1) is 0 Å². The maximum atomic E-state index is 12.3. The molecule has 4 nitrogen and oxygen atoms in total. The number of nitrogens with zero attached hydrogens (tertiary/aromatic N) is 2. The Morgan fingerprint density at radius 1 is 1.17 bits per heavy atom. The second-order valence-electron chi connectivity index (χ2n) is 7.40. The number of piperidine rings is 1. The van der Waals surface area contributed by atoms with Gasteiger partial charge in [-0.05, 0) is 38.2 Å². The number of carbonyl (C=O) groups is 1. The zero-order valence-corrected chi connectivity index (χ0v) is 15.4. The van der Waals surface area contributed by atoms with Crippen LogP contribution in [0, 0.1) is 0 Å². The Kier molecular flexibility index (Phi) is 5.23. The summed E-state index contributed by atoms with van der Waals surface area (Å²) < 4.78 is 6.22. The highest BCUT2D eigenvalue weighted by Gasteiger charge is 2.48. The molecule has 1 aromatic rings. The summed E-state index contributed by atoms with van der Waals surface area (Å²) in [5.41, 5.74) is 1.26. The Balaban J connectivity index is 0.00000169. The third kappa shape index (κ3) is 3.63. The number of ether oxygens (including phenoxy) is 1. The molecule has 0 radical (unpaired) electrons. The number of likely N-dealkylation sites (tertiary alicyclic amines) is 1. The summed E-state index contributed by atoms with van der Waals surface area (Å²) >= 11 is 0. The van der Waals surface area contributed by atoms with Crippen LogP contribution in [-0.4, -0.2) is 53.1 Å². The number of rotatable bonds is 3. The smallest absolute Gasteiger partial charge is 0.251 e. The maximum Gasteiger partial charge on any atom is 0.251 e. The van der Waals surface area contributed by atoms with Crippen molar-refractivity contribution in [1.29, 1.82) is 0 Å². The largest absolute Gasteiger partial charge is 0.360 e. The predicted molar refractivity (Wildman–Crippen MR) is 99.3 cm³/mol. The van der Waals surface area contributed by atoms with Gasteiger partial charge in [-0.2, -0.15) is 13.5 Å². The molecule has 132 valence electrons. The first-order valence-corrected chi connectivity index (χ1v) is 8.90. The average molecular weight is 349 g/mol. The topological polar surface area (TPSA) is 32.8 Å². The standard InChI is InChI=1S/C19H26N2O2.H2S/c1-15-18(22)21(17-7-8-17)14-19(23-15)9-11-20(12-10-19)13-16-5-3-2-4-6-16;/h2-6,15,17H,7-14H2,1H3;1H2/t15-;/m0./s1. The molecule has 1 spiro atoms. The van der Waals surface area contributed by atoms with Gasteiger partial charge in [-0.1, -0.05) is 30.3 Å². The molecule has 1 aliphatic carbocycles. The van der Waals surface area contributed by atoms with E-state index in [0.717, 1.165) is 39.0 Å². The number of carbonyl (C=O) groups excluding carboxylic acids is 1. The van der Waals surface area contributed by atoms with E-state index in [1.807, 2.05) is 6.92 Å². The monoisotopic (exact) mass is 348 g/mol. The molecule has 2 saturated heterocycles. The first-order valence-electron chi connectivity index (χ1n) is 8.90. The highest BCUT2D eigenvalue weighted by molar-refractivity contribution is 7.59. The van der Waals surface area contributed by atoms with Crippen LogP contribution in [0.3, 0.4) is 0 Å². The Hall–Kier alpha value is -1.04. The van der Waals surface area contributed by atoms with Gasteiger partial charge >= 0.3 is 0 Å². The number of amides is 1. The van der Waals surface area contributed by atoms with Gasteiger partial charge in [-0.25, -0.2) is 0 Å². The first kappa shape index (κ1) is 17.8. The highest BCUT2D eigenvalue weighted by Crippen LogP contribution is 2.38. The molecule has 0 unspecified atom stereocenters. The molecule has 2 aliphatic heterocycles. The molecule has 3 aliphatic rings. The molecule has 0 bridgehead atoms. The summed E-state index contributed by atoms with van der Waals surface area (Å²) in [5.74, 6) is 0.199. The van der Waals surface area contributed by atoms with Crippen molar-refractivity contribution in [2.75, 3.05) is 19.6 Å². The molecule has 5 heteroatoms. The summed E-state index contributed by atoms with van der Waals surface area (Å²) in [5, 5.41) is 0. The molecule has 4 rings (SSSR count). The lowest BCUT2D eigenvalue weighted by atomic mass is 9.88. The van der Waals surface area contributed by atoms with Gasteiger partial charge in [0.25, 0.3) is 5.91 Å². The molecule has 1 amide bonds. The van der Waals surface area contributed by atoms with Gasteiger partial charge in [0.2, 0.25) is 0 Å². The molecule has 1 aromatic carbocycles. The van der Waals surface area contributed by atoms with E-state index < -0.39 is 0 Å². The van der Waals surface area contributed by atoms with Crippen LogP contribution in [0.25, 0.3) is 0 Å². The molecule has 24 heavy (non-hydrogen) atoms. The fourth-order valence-corrected chi connectivity index (χ4v) is 4.02. The predicted octanol–water partition coefficient (Wildman–Crippen LogP) is 2.54. The fraction of sp³-hybridized carbons (Fsp3) is 0.632. The summed E-state index contributed by atoms with van der Waals surface area (Å²) in [6, 6.07) is 11.1. The third-order valence-electron chi connectivity index (χ3n) is 5.52. The van der Waals surface area contributed by atoms with Gasteiger partial charge in [0.1, 0.15) is 6.10 Å². The summed E-state index contributed by atoms with van der Waals surface area (Å²) in [7, 11) is 0. The van der Waals surface area contributed by atoms with Crippen LogP contribution in [-0.2, 0) is 16.1 Å². The van der Waals surface area contributed by atoms with Crippen molar-refractivity contribution >= 4 is 19.4 Å². The van der Waals surface area contributed by atoms with E-state index in [0.29, 0.717) is 6.04 Å². The van der Waals surface area contributed by atoms with Crippen LogP contribution in [0.15, 0.2) is 30.3 Å². The van der Waals surface area contributed by atoms with Crippen LogP contribution < -0.4 is 0 Å². The van der Waals surface area contributed by atoms with Crippen molar-refractivity contribution in [2.24, 2.45) is 0 Å². The summed E-state index contributed by atoms with van der Waals surface area (Å²) in [6.45, 7) is 5.84. The van der Waals surface area contributed by atoms with Crippen molar-refractivity contribution in [3.63, 3.8) is 0 Å². The van der Waals surface area contributed by atoms with Gasteiger partial charge < -0.3 is 9.64 Å². The molecular formula is C19H28N2O2S. The first-order chi connectivity index (χ1) is 11.2. The van der Waals surface area contributed by atoms with Crippen molar-refractivity contribution in [1.82, 2.24) is 9.80 Å². The Bertz CT molecular complexity index is 568. The van der Waals surface area contributed by atoms with Crippen molar-refractivity contribution in [2.45, 2.75) is 56.9 Å². The van der Waals surface area contributed by atoms with E-state index in [1.54, 1.807) is 0 Å². The van der Waals surface area contributed by atoms with Crippen LogP contribution in [0.1, 0.15) is 38.2 Å². The minimum Gasteiger partial charge on any atom is -0.360 e. The maximum absolute atomic E-state index is 12.3. The van der Waals surface area contributed by atoms with Crippen molar-refractivity contribution in [3.05, 3.63) is 35.9 Å². The van der Waals surface area contributed by atoms with Crippen LogP contribution in [0.5, 0.6) is 0 Å². The molecule has 2 heterocycles. The van der Waals surface area contributed by atoms with E-state index in [1.165, 1.54) is 18.4 Å². The van der Waals surface area contributed by atoms with Gasteiger partial charge in [0, 0.05) is 25.7 Å². The van der Waals surface area contributed by atoms with Crippen LogP contribution in [0.4, 0.5) is 0 Å². The molecule has 1 atom stereocenters. The highest BCUT2D eigenvalue weighted by atomic mass is 32.1. The summed E-state index contributed by atoms with van der Waals surface area (Å²) in [4.78, 5) is 16.9. The van der Waals surface area contributed by atoms with Crippen LogP contribution in [0.2, 0.25) is 0 Å². The van der Waals surface area contributed by atoms with E-state index in [2.05, 4.69) is 40.1 Å². The van der Waals surface area contributed by atoms with Crippen molar-refractivity contribution < 1.29 is 9.53 Å². The normalized spacial score (nSPS) is 27.1. The Morgan fingerprint density at radius 3 is 2.46 bits per heavy atom. The van der Waals surface area contributed by atoms with Crippen molar-refractivity contribution in [3.8, 4) is 0 Å². The number of hydrogen-bond donors (Lipinski definition) is 0. The third-order valence-corrected chi connectivity index (χ3v) is 5.52. The van der Waals surface area contributed by atoms with E-state index >= 15 is 0 Å². The molecular weight excluding hydrogens is 320 g/mol. The van der Waals surface area contributed by atoms with Gasteiger partial charge in [0.15, 0.2) is 0 Å². The minimum atomic E-state index is -0.273. The number of morpholine rings is 1. The molecule has 1 saturated carbocycles. The van der Waals surface area contributed by atoms with E-state index in [9.17, 15) is 4.79 Å².